The smallest absolute Gasteiger partial charge is 0.336 e. The van der Waals surface area contributed by atoms with E-state index in [-0.39, 0.29) is 45.5 Å². The van der Waals surface area contributed by atoms with Crippen molar-refractivity contribution in [1.82, 2.24) is 0 Å². The Balaban J connectivity index is 1.49. The number of nitrogens with one attached hydrogen (secondary N) is 1. The second-order valence-corrected chi connectivity index (χ2v) is 8.74. The Morgan fingerprint density at radius 2 is 1.38 bits per heavy atom. The van der Waals surface area contributed by atoms with Crippen LogP contribution >= 0.6 is 0 Å². The van der Waals surface area contributed by atoms with Gasteiger partial charge in [0.1, 0.15) is 22.9 Å². The number of rotatable bonds is 7. The van der Waals surface area contributed by atoms with Crippen LogP contribution in [-0.4, -0.2) is 33.0 Å². The fraction of sp³-hybridized carbons (Fsp3) is 0. The number of fused-ring (bicyclic) bond motifs is 1. The molecule has 5 aromatic rings. The Kier molecular flexibility index (Phi) is 7.02. The summed E-state index contributed by atoms with van der Waals surface area (Å²) >= 11 is 0. The van der Waals surface area contributed by atoms with Crippen LogP contribution in [0.15, 0.2) is 113 Å². The first-order valence-corrected chi connectivity index (χ1v) is 12.1. The summed E-state index contributed by atoms with van der Waals surface area (Å²) in [6.45, 7) is 0. The van der Waals surface area contributed by atoms with Crippen LogP contribution in [0, 0.1) is 0 Å². The molecule has 0 heterocycles. The van der Waals surface area contributed by atoms with Gasteiger partial charge < -0.3 is 20.6 Å². The lowest BCUT2D eigenvalue weighted by atomic mass is 9.98. The van der Waals surface area contributed by atoms with Crippen LogP contribution in [0.25, 0.3) is 10.8 Å². The van der Waals surface area contributed by atoms with E-state index in [1.807, 2.05) is 0 Å². The molecule has 0 atom stereocenters. The number of anilines is 1. The normalized spacial score (nSPS) is 11.0. The highest BCUT2D eigenvalue weighted by Crippen LogP contribution is 2.41. The van der Waals surface area contributed by atoms with Gasteiger partial charge in [0.2, 0.25) is 0 Å². The highest BCUT2D eigenvalue weighted by molar-refractivity contribution is 6.15. The number of hydrogen-bond acceptors (Lipinski definition) is 7. The third-order valence-corrected chi connectivity index (χ3v) is 6.18. The van der Waals surface area contributed by atoms with Gasteiger partial charge in [0, 0.05) is 22.1 Å². The maximum Gasteiger partial charge on any atom is 0.336 e. The minimum Gasteiger partial charge on any atom is -0.506 e. The number of carbonyl (C=O) groups excluding carboxylic acids is 2. The summed E-state index contributed by atoms with van der Waals surface area (Å²) in [5.41, 5.74) is 0.810. The number of benzene rings is 5. The van der Waals surface area contributed by atoms with E-state index in [4.69, 9.17) is 0 Å². The van der Waals surface area contributed by atoms with E-state index in [9.17, 15) is 29.7 Å². The first-order chi connectivity index (χ1) is 19.3. The van der Waals surface area contributed by atoms with E-state index >= 15 is 0 Å². The predicted octanol–water partition coefficient (Wildman–Crippen LogP) is 6.85. The van der Waals surface area contributed by atoms with Gasteiger partial charge in [-0.1, -0.05) is 54.6 Å². The van der Waals surface area contributed by atoms with Gasteiger partial charge in [0.25, 0.3) is 5.91 Å². The Morgan fingerprint density at radius 1 is 0.650 bits per heavy atom. The number of amides is 1. The quantitative estimate of drug-likeness (QED) is 0.133. The molecule has 0 radical (unpaired) electrons. The molecule has 1 amide bonds. The summed E-state index contributed by atoms with van der Waals surface area (Å²) in [5.74, 6) is -2.74. The number of carbonyl (C=O) groups is 3. The lowest BCUT2D eigenvalue weighted by Gasteiger charge is -2.12. The van der Waals surface area contributed by atoms with Crippen LogP contribution in [0.4, 0.5) is 17.1 Å². The fourth-order valence-electron chi connectivity index (χ4n) is 4.21. The van der Waals surface area contributed by atoms with Crippen LogP contribution < -0.4 is 5.32 Å². The summed E-state index contributed by atoms with van der Waals surface area (Å²) in [6, 6.07) is 26.7. The van der Waals surface area contributed by atoms with Crippen molar-refractivity contribution in [3.05, 3.63) is 125 Å². The van der Waals surface area contributed by atoms with E-state index in [1.54, 1.807) is 60.7 Å². The van der Waals surface area contributed by atoms with Gasteiger partial charge in [-0.2, -0.15) is 0 Å². The zero-order valence-electron chi connectivity index (χ0n) is 20.8. The summed E-state index contributed by atoms with van der Waals surface area (Å²) in [7, 11) is 0. The van der Waals surface area contributed by atoms with Crippen molar-refractivity contribution in [2.45, 2.75) is 0 Å². The van der Waals surface area contributed by atoms with Gasteiger partial charge in [0.15, 0.2) is 5.78 Å². The number of hydrogen-bond donors (Lipinski definition) is 4. The molecule has 5 aromatic carbocycles. The van der Waals surface area contributed by atoms with Crippen LogP contribution in [0.2, 0.25) is 0 Å². The second kappa shape index (κ2) is 10.9. The molecule has 0 saturated carbocycles. The Hall–Kier alpha value is -5.83. The third-order valence-electron chi connectivity index (χ3n) is 6.18. The zero-order valence-corrected chi connectivity index (χ0v) is 20.8. The Bertz CT molecular complexity index is 1820. The first kappa shape index (κ1) is 25.8. The number of phenols is 2. The van der Waals surface area contributed by atoms with E-state index in [2.05, 4.69) is 15.5 Å². The molecule has 196 valence electrons. The number of ketones is 1. The fourth-order valence-corrected chi connectivity index (χ4v) is 4.21. The molecule has 9 heteroatoms. The van der Waals surface area contributed by atoms with Crippen molar-refractivity contribution < 1.29 is 29.7 Å². The highest BCUT2D eigenvalue weighted by atomic mass is 16.4. The van der Waals surface area contributed by atoms with Crippen molar-refractivity contribution in [3.63, 3.8) is 0 Å². The lowest BCUT2D eigenvalue weighted by Crippen LogP contribution is -2.11. The number of carboxylic acids is 1. The molecule has 0 saturated heterocycles. The molecule has 5 rings (SSSR count). The van der Waals surface area contributed by atoms with Gasteiger partial charge in [-0.15, -0.1) is 10.2 Å². The second-order valence-electron chi connectivity index (χ2n) is 8.74. The molecule has 0 aromatic heterocycles. The van der Waals surface area contributed by atoms with E-state index < -0.39 is 11.8 Å². The number of aromatic carboxylic acids is 1. The zero-order chi connectivity index (χ0) is 28.2. The van der Waals surface area contributed by atoms with Crippen LogP contribution in [0.1, 0.15) is 36.6 Å². The average Bonchev–Trinajstić information content (AvgIpc) is 2.97. The van der Waals surface area contributed by atoms with E-state index in [1.165, 1.54) is 42.5 Å². The molecule has 0 unspecified atom stereocenters. The van der Waals surface area contributed by atoms with E-state index in [0.29, 0.717) is 22.0 Å². The largest absolute Gasteiger partial charge is 0.506 e. The van der Waals surface area contributed by atoms with Gasteiger partial charge in [-0.3, -0.25) is 9.59 Å². The molecule has 4 N–H and O–H groups in total. The third kappa shape index (κ3) is 5.11. The number of phenolic OH excluding ortho intramolecular Hbond substituents is 2. The minimum absolute atomic E-state index is 0.00488. The maximum atomic E-state index is 12.9. The van der Waals surface area contributed by atoms with Gasteiger partial charge >= 0.3 is 5.97 Å². The topological polar surface area (TPSA) is 149 Å². The van der Waals surface area contributed by atoms with Crippen molar-refractivity contribution >= 4 is 45.5 Å². The van der Waals surface area contributed by atoms with Crippen molar-refractivity contribution in [2.24, 2.45) is 10.2 Å². The lowest BCUT2D eigenvalue weighted by molar-refractivity contribution is 0.0692. The summed E-state index contributed by atoms with van der Waals surface area (Å²) in [4.78, 5) is 37.2. The summed E-state index contributed by atoms with van der Waals surface area (Å²) in [5, 5.41) is 42.8. The number of azo groups is 1. The Labute approximate surface area is 227 Å². The summed E-state index contributed by atoms with van der Waals surface area (Å²) < 4.78 is 0. The molecule has 0 aliphatic carbocycles. The molecule has 0 aliphatic rings. The molecule has 0 fully saturated rings. The molecule has 9 nitrogen and oxygen atoms in total. The number of nitrogens with zero attached hydrogens (tertiary/aromatic N) is 2. The molecule has 0 bridgehead atoms. The Morgan fingerprint density at radius 3 is 2.10 bits per heavy atom. The predicted molar refractivity (Wildman–Crippen MR) is 149 cm³/mol. The molecule has 0 spiro atoms. The summed E-state index contributed by atoms with van der Waals surface area (Å²) in [6.07, 6.45) is 0. The highest BCUT2D eigenvalue weighted by Gasteiger charge is 2.19. The number of aromatic hydroxyl groups is 2. The molecule has 0 aliphatic heterocycles. The minimum atomic E-state index is -1.24. The van der Waals surface area contributed by atoms with Crippen LogP contribution in [-0.2, 0) is 0 Å². The molecular formula is C31H21N3O6. The van der Waals surface area contributed by atoms with E-state index in [0.717, 1.165) is 0 Å². The van der Waals surface area contributed by atoms with Gasteiger partial charge in [-0.25, -0.2) is 4.79 Å². The standard InChI is InChI=1S/C31H21N3O6/c35-25-16-14-18-9-6-12-24(32-30(38)19-7-2-1-3-8-19)27(18)28(25)34-33-23-15-13-20(17-26(23)36)29(37)21-10-4-5-11-22(21)31(39)40/h1-17,35-36H,(H,32,38)(H,39,40). The van der Waals surface area contributed by atoms with Crippen LogP contribution in [0.5, 0.6) is 11.5 Å². The maximum absolute atomic E-state index is 12.9. The van der Waals surface area contributed by atoms with Gasteiger partial charge in [0.05, 0.1) is 11.3 Å². The first-order valence-electron chi connectivity index (χ1n) is 12.1. The van der Waals surface area contributed by atoms with Gasteiger partial charge in [-0.05, 0) is 53.9 Å². The van der Waals surface area contributed by atoms with Crippen molar-refractivity contribution in [3.8, 4) is 11.5 Å². The molecule has 40 heavy (non-hydrogen) atoms. The van der Waals surface area contributed by atoms with Crippen molar-refractivity contribution in [2.75, 3.05) is 5.32 Å². The molecular weight excluding hydrogens is 510 g/mol. The average molecular weight is 532 g/mol. The van der Waals surface area contributed by atoms with Crippen LogP contribution in [0.3, 0.4) is 0 Å². The SMILES string of the molecule is O=C(Nc1cccc2ccc(O)c(N=Nc3ccc(C(=O)c4ccccc4C(=O)O)cc3O)c12)c1ccccc1. The number of carboxylic acid groups (broad SMARTS) is 1. The monoisotopic (exact) mass is 531 g/mol. The van der Waals surface area contributed by atoms with Crippen molar-refractivity contribution in [1.29, 1.82) is 0 Å².